The van der Waals surface area contributed by atoms with Crippen LogP contribution in [0.4, 0.5) is 0 Å². The third-order valence-electron chi connectivity index (χ3n) is 1.84. The molecular weight excluding hydrogens is 496 g/mol. The summed E-state index contributed by atoms with van der Waals surface area (Å²) in [5, 5.41) is 0. The van der Waals surface area contributed by atoms with Crippen LogP contribution in [0.1, 0.15) is 39.5 Å². The van der Waals surface area contributed by atoms with Gasteiger partial charge in [0.15, 0.2) is 0 Å². The van der Waals surface area contributed by atoms with E-state index in [9.17, 15) is 0 Å². The molecule has 0 saturated heterocycles. The average molecular weight is 517 g/mol. The summed E-state index contributed by atoms with van der Waals surface area (Å²) in [5.41, 5.74) is 6.13. The SMILES string of the molecule is Br.CCC([O][Sn][CH2]CCCC(C)N)SI. The normalized spacial score (nSPS) is 14.4. The number of hydrogen-bond donors (Lipinski definition) is 1. The van der Waals surface area contributed by atoms with Gasteiger partial charge in [-0.25, -0.2) is 0 Å². The second kappa shape index (κ2) is 14.3. The Morgan fingerprint density at radius 1 is 1.47 bits per heavy atom. The molecule has 92 valence electrons. The van der Waals surface area contributed by atoms with Crippen LogP contribution in [-0.4, -0.2) is 33.0 Å². The molecule has 0 bridgehead atoms. The minimum atomic E-state index is -0.531. The van der Waals surface area contributed by atoms with Crippen LogP contribution in [0.25, 0.3) is 0 Å². The summed E-state index contributed by atoms with van der Waals surface area (Å²) in [6.45, 7) is 4.27. The first-order valence-corrected chi connectivity index (χ1v) is 11.7. The molecule has 0 rings (SSSR count). The van der Waals surface area contributed by atoms with Crippen LogP contribution < -0.4 is 5.73 Å². The van der Waals surface area contributed by atoms with Crippen LogP contribution in [-0.2, 0) is 3.07 Å². The monoisotopic (exact) mass is 517 g/mol. The van der Waals surface area contributed by atoms with E-state index in [1.807, 2.05) is 8.93 Å². The van der Waals surface area contributed by atoms with Crippen molar-refractivity contribution in [3.8, 4) is 0 Å². The quantitative estimate of drug-likeness (QED) is 0.218. The molecule has 0 aliphatic heterocycles. The summed E-state index contributed by atoms with van der Waals surface area (Å²) in [5.74, 6) is 0. The Balaban J connectivity index is 0. The van der Waals surface area contributed by atoms with Gasteiger partial charge >= 0.3 is 116 Å². The molecule has 15 heavy (non-hydrogen) atoms. The maximum atomic E-state index is 5.84. The molecule has 2 unspecified atom stereocenters. The Kier molecular flexibility index (Phi) is 18.8. The Morgan fingerprint density at radius 2 is 2.13 bits per heavy atom. The van der Waals surface area contributed by atoms with Crippen molar-refractivity contribution in [2.45, 2.75) is 55.4 Å². The van der Waals surface area contributed by atoms with E-state index in [-0.39, 0.29) is 17.0 Å². The topological polar surface area (TPSA) is 35.2 Å². The first kappa shape index (κ1) is 19.6. The van der Waals surface area contributed by atoms with Crippen LogP contribution in [0.15, 0.2) is 0 Å². The van der Waals surface area contributed by atoms with Crippen molar-refractivity contribution in [3.05, 3.63) is 0 Å². The predicted octanol–water partition coefficient (Wildman–Crippen LogP) is 3.96. The van der Waals surface area contributed by atoms with Crippen LogP contribution in [0.2, 0.25) is 4.44 Å². The van der Waals surface area contributed by atoms with Gasteiger partial charge in [0, 0.05) is 0 Å². The second-order valence-electron chi connectivity index (χ2n) is 3.41. The van der Waals surface area contributed by atoms with E-state index in [1.165, 1.54) is 17.3 Å². The third kappa shape index (κ3) is 14.2. The Bertz CT molecular complexity index is 131. The number of hydrogen-bond acceptors (Lipinski definition) is 3. The first-order chi connectivity index (χ1) is 6.70. The maximum absolute atomic E-state index is 5.84. The summed E-state index contributed by atoms with van der Waals surface area (Å²) in [7, 11) is 1.81. The number of nitrogens with two attached hydrogens (primary N) is 1. The van der Waals surface area contributed by atoms with Gasteiger partial charge in [-0.1, -0.05) is 0 Å². The van der Waals surface area contributed by atoms with Crippen LogP contribution in [0, 0.1) is 0 Å². The van der Waals surface area contributed by atoms with Crippen molar-refractivity contribution in [1.82, 2.24) is 0 Å². The van der Waals surface area contributed by atoms with Crippen LogP contribution in [0.3, 0.4) is 0 Å². The Labute approximate surface area is 131 Å². The van der Waals surface area contributed by atoms with Crippen molar-refractivity contribution in [2.75, 3.05) is 0 Å². The van der Waals surface area contributed by atoms with Gasteiger partial charge in [-0.05, 0) is 0 Å². The molecule has 0 amide bonds. The molecule has 0 saturated carbocycles. The molecule has 0 fully saturated rings. The van der Waals surface area contributed by atoms with Gasteiger partial charge in [0.1, 0.15) is 0 Å². The fourth-order valence-electron chi connectivity index (χ4n) is 0.980. The summed E-state index contributed by atoms with van der Waals surface area (Å²) in [6, 6.07) is 0.370. The summed E-state index contributed by atoms with van der Waals surface area (Å²) >= 11 is 1.80. The van der Waals surface area contributed by atoms with Gasteiger partial charge in [-0.2, -0.15) is 0 Å². The average Bonchev–Trinajstić information content (AvgIpc) is 2.16. The molecule has 0 aromatic heterocycles. The molecule has 2 radical (unpaired) electrons. The van der Waals surface area contributed by atoms with Gasteiger partial charge in [-0.15, -0.1) is 17.0 Å². The van der Waals surface area contributed by atoms with Gasteiger partial charge < -0.3 is 0 Å². The molecule has 0 heterocycles. The molecule has 0 aliphatic rings. The van der Waals surface area contributed by atoms with Gasteiger partial charge in [0.05, 0.1) is 0 Å². The molecule has 0 aliphatic carbocycles. The van der Waals surface area contributed by atoms with E-state index < -0.39 is 21.6 Å². The molecule has 2 nitrogen and oxygen atoms in total. The molecule has 0 aromatic rings. The summed E-state index contributed by atoms with van der Waals surface area (Å²) < 4.78 is 7.18. The van der Waals surface area contributed by atoms with Crippen molar-refractivity contribution in [3.63, 3.8) is 0 Å². The van der Waals surface area contributed by atoms with Gasteiger partial charge in [0.25, 0.3) is 0 Å². The van der Waals surface area contributed by atoms with E-state index >= 15 is 0 Å². The Morgan fingerprint density at radius 3 is 2.60 bits per heavy atom. The second-order valence-corrected chi connectivity index (χ2v) is 8.57. The van der Waals surface area contributed by atoms with Gasteiger partial charge in [-0.3, -0.25) is 0 Å². The van der Waals surface area contributed by atoms with Crippen molar-refractivity contribution in [2.24, 2.45) is 5.73 Å². The molecule has 0 aromatic carbocycles. The van der Waals surface area contributed by atoms with Crippen molar-refractivity contribution >= 4 is 68.7 Å². The Hall–Kier alpha value is 2.28. The standard InChI is InChI=1S/C6H14N.C3H6IOS.BrH.Sn/c1-3-4-5-6(2)7;1-2-3(5)6-4;;/h6H,1,3-5,7H2,2H3;3H,2H2,1H3;1H;/q;-1;;+1. The predicted molar refractivity (Wildman–Crippen MR) is 85.2 cm³/mol. The number of halogens is 2. The fraction of sp³-hybridized carbons (Fsp3) is 1.00. The summed E-state index contributed by atoms with van der Waals surface area (Å²) in [6.07, 6.45) is 4.89. The van der Waals surface area contributed by atoms with Crippen LogP contribution in [0.5, 0.6) is 0 Å². The van der Waals surface area contributed by atoms with E-state index in [2.05, 4.69) is 35.1 Å². The first-order valence-electron chi connectivity index (χ1n) is 5.12. The zero-order valence-corrected chi connectivity index (χ0v) is 16.9. The van der Waals surface area contributed by atoms with E-state index in [1.54, 1.807) is 0 Å². The van der Waals surface area contributed by atoms with E-state index in [0.717, 1.165) is 12.8 Å². The molecule has 2 N–H and O–H groups in total. The minimum absolute atomic E-state index is 0. The molecule has 6 heteroatoms. The zero-order chi connectivity index (χ0) is 10.8. The fourth-order valence-corrected chi connectivity index (χ4v) is 7.55. The number of unbranched alkanes of at least 4 members (excludes halogenated alkanes) is 1. The number of rotatable bonds is 9. The molecular formula is C9H21BrINOSSn. The van der Waals surface area contributed by atoms with E-state index in [0.29, 0.717) is 11.5 Å². The van der Waals surface area contributed by atoms with Crippen LogP contribution >= 0.6 is 47.1 Å². The van der Waals surface area contributed by atoms with Crippen molar-refractivity contribution < 1.29 is 3.07 Å². The molecule has 0 spiro atoms. The third-order valence-corrected chi connectivity index (χ3v) is 7.53. The van der Waals surface area contributed by atoms with E-state index in [4.69, 9.17) is 8.81 Å². The zero-order valence-electron chi connectivity index (χ0n) is 9.37. The molecule has 2 atom stereocenters. The summed E-state index contributed by atoms with van der Waals surface area (Å²) in [4.78, 5) is 0. The van der Waals surface area contributed by atoms with Gasteiger partial charge in [0.2, 0.25) is 0 Å². The van der Waals surface area contributed by atoms with Crippen molar-refractivity contribution in [1.29, 1.82) is 0 Å².